The Balaban J connectivity index is 1.35. The van der Waals surface area contributed by atoms with Crippen LogP contribution in [-0.2, 0) is 11.3 Å². The summed E-state index contributed by atoms with van der Waals surface area (Å²) in [7, 11) is 3.76. The molecule has 1 aliphatic carbocycles. The van der Waals surface area contributed by atoms with Crippen molar-refractivity contribution in [3.63, 3.8) is 0 Å². The van der Waals surface area contributed by atoms with Gasteiger partial charge >= 0.3 is 0 Å². The number of amides is 1. The molecule has 1 amide bonds. The predicted molar refractivity (Wildman–Crippen MR) is 111 cm³/mol. The summed E-state index contributed by atoms with van der Waals surface area (Å²) in [6.45, 7) is 0.566. The van der Waals surface area contributed by atoms with E-state index in [1.54, 1.807) is 11.1 Å². The van der Waals surface area contributed by atoms with Crippen molar-refractivity contribution < 1.29 is 4.79 Å². The Morgan fingerprint density at radius 1 is 1.28 bits per heavy atom. The highest BCUT2D eigenvalue weighted by Gasteiger charge is 2.29. The highest BCUT2D eigenvalue weighted by Crippen LogP contribution is 2.33. The lowest BCUT2D eigenvalue weighted by atomic mass is 9.85. The third kappa shape index (κ3) is 4.31. The van der Waals surface area contributed by atoms with Crippen molar-refractivity contribution in [2.24, 2.45) is 5.92 Å². The van der Waals surface area contributed by atoms with Crippen molar-refractivity contribution in [2.45, 2.75) is 38.3 Å². The van der Waals surface area contributed by atoms with Gasteiger partial charge in [-0.2, -0.15) is 5.10 Å². The first-order chi connectivity index (χ1) is 14.1. The normalized spacial score (nSPS) is 19.1. The van der Waals surface area contributed by atoms with Crippen molar-refractivity contribution in [3.05, 3.63) is 48.4 Å². The zero-order valence-corrected chi connectivity index (χ0v) is 16.9. The minimum atomic E-state index is 0.0782. The van der Waals surface area contributed by atoms with Crippen molar-refractivity contribution >= 4 is 11.6 Å². The van der Waals surface area contributed by atoms with E-state index in [2.05, 4.69) is 31.9 Å². The number of anilines is 1. The van der Waals surface area contributed by atoms with E-state index in [1.165, 1.54) is 0 Å². The third-order valence-corrected chi connectivity index (χ3v) is 5.72. The Morgan fingerprint density at radius 3 is 2.83 bits per heavy atom. The van der Waals surface area contributed by atoms with Gasteiger partial charge in [0.2, 0.25) is 5.91 Å². The summed E-state index contributed by atoms with van der Waals surface area (Å²) in [5, 5.41) is 18.7. The van der Waals surface area contributed by atoms with Crippen LogP contribution in [0, 0.1) is 5.92 Å². The predicted octanol–water partition coefficient (Wildman–Crippen LogP) is 3.10. The number of aromatic nitrogens is 5. The average molecular weight is 393 g/mol. The van der Waals surface area contributed by atoms with Gasteiger partial charge in [-0.3, -0.25) is 9.89 Å². The molecule has 1 fully saturated rings. The Hall–Kier alpha value is -3.16. The van der Waals surface area contributed by atoms with Crippen molar-refractivity contribution in [2.75, 3.05) is 19.4 Å². The molecule has 0 aliphatic heterocycles. The molecule has 0 radical (unpaired) electrons. The number of H-pyrrole nitrogens is 1. The van der Waals surface area contributed by atoms with Gasteiger partial charge in [0.1, 0.15) is 5.69 Å². The molecule has 2 aromatic heterocycles. The fourth-order valence-corrected chi connectivity index (χ4v) is 4.03. The van der Waals surface area contributed by atoms with Crippen LogP contribution in [0.4, 0.5) is 5.69 Å². The van der Waals surface area contributed by atoms with Gasteiger partial charge in [0.05, 0.1) is 24.5 Å². The van der Waals surface area contributed by atoms with Gasteiger partial charge in [-0.25, -0.2) is 4.68 Å². The molecule has 8 nitrogen and oxygen atoms in total. The lowest BCUT2D eigenvalue weighted by Crippen LogP contribution is -2.35. The van der Waals surface area contributed by atoms with E-state index in [4.69, 9.17) is 0 Å². The molecule has 0 bridgehead atoms. The van der Waals surface area contributed by atoms with Gasteiger partial charge in [-0.1, -0.05) is 17.3 Å². The van der Waals surface area contributed by atoms with Crippen LogP contribution >= 0.6 is 0 Å². The summed E-state index contributed by atoms with van der Waals surface area (Å²) < 4.78 is 1.97. The molecule has 1 saturated carbocycles. The van der Waals surface area contributed by atoms with Crippen LogP contribution in [0.2, 0.25) is 0 Å². The van der Waals surface area contributed by atoms with E-state index < -0.39 is 0 Å². The first-order valence-electron chi connectivity index (χ1n) is 10.1. The second-order valence-electron chi connectivity index (χ2n) is 7.70. The van der Waals surface area contributed by atoms with Gasteiger partial charge in [0.15, 0.2) is 0 Å². The molecule has 0 atom stereocenters. The summed E-state index contributed by atoms with van der Waals surface area (Å²) >= 11 is 0. The maximum atomic E-state index is 12.8. The largest absolute Gasteiger partial charge is 0.388 e. The summed E-state index contributed by atoms with van der Waals surface area (Å²) in [6.07, 6.45) is 7.36. The second kappa shape index (κ2) is 8.46. The Bertz CT molecular complexity index is 942. The molecular weight excluding hydrogens is 366 g/mol. The van der Waals surface area contributed by atoms with E-state index in [1.807, 2.05) is 49.2 Å². The highest BCUT2D eigenvalue weighted by molar-refractivity contribution is 5.78. The lowest BCUT2D eigenvalue weighted by Gasteiger charge is -2.30. The Labute approximate surface area is 170 Å². The first kappa shape index (κ1) is 19.2. The topological polar surface area (TPSA) is 91.7 Å². The second-order valence-corrected chi connectivity index (χ2v) is 7.70. The van der Waals surface area contributed by atoms with Crippen LogP contribution in [0.25, 0.3) is 11.3 Å². The van der Waals surface area contributed by atoms with Crippen molar-refractivity contribution in [1.29, 1.82) is 0 Å². The Morgan fingerprint density at radius 2 is 2.10 bits per heavy atom. The van der Waals surface area contributed by atoms with E-state index in [9.17, 15) is 4.79 Å². The van der Waals surface area contributed by atoms with E-state index >= 15 is 0 Å². The van der Waals surface area contributed by atoms with Gasteiger partial charge in [0, 0.05) is 37.5 Å². The van der Waals surface area contributed by atoms with Crippen LogP contribution in [0.3, 0.4) is 0 Å². The SMILES string of the molecule is CNc1cccc(-c2cn(C3CCC(C(=O)N(C)Cc4ccn[nH]4)CC3)nn2)c1. The number of aromatic amines is 1. The standard InChI is InChI=1S/C21H27N7O/c1-22-17-5-3-4-16(12-17)20-14-28(26-25-20)19-8-6-15(7-9-19)21(29)27(2)13-18-10-11-23-24-18/h3-5,10-12,14-15,19,22H,6-9,13H2,1-2H3,(H,23,24). The Kier molecular flexibility index (Phi) is 5.59. The maximum Gasteiger partial charge on any atom is 0.225 e. The van der Waals surface area contributed by atoms with Crippen LogP contribution in [0.15, 0.2) is 42.7 Å². The van der Waals surface area contributed by atoms with E-state index in [-0.39, 0.29) is 11.8 Å². The minimum Gasteiger partial charge on any atom is -0.388 e. The van der Waals surface area contributed by atoms with Crippen LogP contribution in [0.1, 0.15) is 37.4 Å². The summed E-state index contributed by atoms with van der Waals surface area (Å²) in [4.78, 5) is 14.6. The number of rotatable bonds is 6. The zero-order valence-electron chi connectivity index (χ0n) is 16.9. The molecule has 0 unspecified atom stereocenters. The number of nitrogens with zero attached hydrogens (tertiary/aromatic N) is 5. The van der Waals surface area contributed by atoms with Crippen molar-refractivity contribution in [1.82, 2.24) is 30.1 Å². The molecule has 2 heterocycles. The molecule has 3 aromatic rings. The number of carbonyl (C=O) groups is 1. The van der Waals surface area contributed by atoms with E-state index in [0.717, 1.165) is 48.3 Å². The fraction of sp³-hybridized carbons (Fsp3) is 0.429. The van der Waals surface area contributed by atoms with Crippen LogP contribution < -0.4 is 5.32 Å². The molecule has 29 heavy (non-hydrogen) atoms. The smallest absolute Gasteiger partial charge is 0.225 e. The number of hydrogen-bond acceptors (Lipinski definition) is 5. The van der Waals surface area contributed by atoms with Gasteiger partial charge in [-0.05, 0) is 43.9 Å². The number of benzene rings is 1. The summed E-state index contributed by atoms with van der Waals surface area (Å²) in [6, 6.07) is 10.3. The highest BCUT2D eigenvalue weighted by atomic mass is 16.2. The van der Waals surface area contributed by atoms with Crippen LogP contribution in [-0.4, -0.2) is 50.1 Å². The van der Waals surface area contributed by atoms with E-state index in [0.29, 0.717) is 12.6 Å². The molecule has 8 heteroatoms. The summed E-state index contributed by atoms with van der Waals surface area (Å²) in [5.74, 6) is 0.288. The van der Waals surface area contributed by atoms with Crippen LogP contribution in [0.5, 0.6) is 0 Å². The minimum absolute atomic E-state index is 0.0782. The molecule has 0 spiro atoms. The third-order valence-electron chi connectivity index (χ3n) is 5.72. The van der Waals surface area contributed by atoms with Crippen molar-refractivity contribution in [3.8, 4) is 11.3 Å². The maximum absolute atomic E-state index is 12.8. The molecule has 1 aromatic carbocycles. The number of hydrogen-bond donors (Lipinski definition) is 2. The fourth-order valence-electron chi connectivity index (χ4n) is 4.03. The summed E-state index contributed by atoms with van der Waals surface area (Å²) in [5.41, 5.74) is 3.93. The monoisotopic (exact) mass is 393 g/mol. The molecule has 0 saturated heterocycles. The molecule has 2 N–H and O–H groups in total. The molecule has 4 rings (SSSR count). The van der Waals surface area contributed by atoms with Gasteiger partial charge in [-0.15, -0.1) is 5.10 Å². The number of nitrogens with one attached hydrogen (secondary N) is 2. The molecule has 1 aliphatic rings. The van der Waals surface area contributed by atoms with Gasteiger partial charge in [0.25, 0.3) is 0 Å². The number of carbonyl (C=O) groups excluding carboxylic acids is 1. The molecular formula is C21H27N7O. The first-order valence-corrected chi connectivity index (χ1v) is 10.1. The average Bonchev–Trinajstić information content (AvgIpc) is 3.46. The zero-order chi connectivity index (χ0) is 20.2. The quantitative estimate of drug-likeness (QED) is 0.671. The van der Waals surface area contributed by atoms with Gasteiger partial charge < -0.3 is 10.2 Å². The lowest BCUT2D eigenvalue weighted by molar-refractivity contribution is -0.136. The molecule has 152 valence electrons.